The lowest BCUT2D eigenvalue weighted by atomic mass is 10.1. The van der Waals surface area contributed by atoms with Crippen LogP contribution in [0.4, 0.5) is 0 Å². The molecule has 0 aliphatic heterocycles. The average Bonchev–Trinajstić information content (AvgIpc) is 1.97. The van der Waals surface area contributed by atoms with Crippen molar-refractivity contribution < 1.29 is 10.0 Å². The predicted octanol–water partition coefficient (Wildman–Crippen LogP) is -0.0285. The van der Waals surface area contributed by atoms with E-state index in [1.54, 1.807) is 0 Å². The van der Waals surface area contributed by atoms with Crippen molar-refractivity contribution in [2.75, 3.05) is 0 Å². The summed E-state index contributed by atoms with van der Waals surface area (Å²) in [6, 6.07) is 0. The van der Waals surface area contributed by atoms with Gasteiger partial charge in [-0.1, -0.05) is 0 Å². The van der Waals surface area contributed by atoms with Gasteiger partial charge in [0.05, 0.1) is 4.92 Å². The van der Waals surface area contributed by atoms with E-state index in [4.69, 9.17) is 22.4 Å². The number of nitrogens with two attached hydrogens (primary N) is 1. The lowest BCUT2D eigenvalue weighted by Crippen LogP contribution is -2.33. The van der Waals surface area contributed by atoms with Crippen molar-refractivity contribution in [3.63, 3.8) is 0 Å². The van der Waals surface area contributed by atoms with Gasteiger partial charge in [-0.3, -0.25) is 10.1 Å². The van der Waals surface area contributed by atoms with Crippen molar-refractivity contribution in [2.45, 2.75) is 11.1 Å². The topological polar surface area (TPSA) is 89.4 Å². The Morgan fingerprint density at radius 2 is 2.42 bits per heavy atom. The summed E-state index contributed by atoms with van der Waals surface area (Å²) in [5.74, 6) is 0. The van der Waals surface area contributed by atoms with Gasteiger partial charge in [-0.2, -0.15) is 0 Å². The van der Waals surface area contributed by atoms with Crippen LogP contribution in [0.15, 0.2) is 23.9 Å². The van der Waals surface area contributed by atoms with Crippen LogP contribution in [0.25, 0.3) is 0 Å². The zero-order valence-electron chi connectivity index (χ0n) is 5.98. The lowest BCUT2D eigenvalue weighted by molar-refractivity contribution is -0.514. The highest BCUT2D eigenvalue weighted by molar-refractivity contribution is 6.25. The minimum atomic E-state index is -1.80. The summed E-state index contributed by atoms with van der Waals surface area (Å²) in [7, 11) is 0. The number of rotatable bonds is 1. The molecule has 3 N–H and O–H groups in total. The Labute approximate surface area is 73.3 Å². The smallest absolute Gasteiger partial charge is 0.334 e. The molecule has 1 aliphatic carbocycles. The van der Waals surface area contributed by atoms with E-state index in [9.17, 15) is 10.1 Å². The monoisotopic (exact) mass is 190 g/mol. The Balaban J connectivity index is 2.99. The zero-order chi connectivity index (χ0) is 9.35. The second kappa shape index (κ2) is 2.76. The molecule has 1 rings (SSSR count). The second-order valence-electron chi connectivity index (χ2n) is 2.43. The van der Waals surface area contributed by atoms with Gasteiger partial charge >= 0.3 is 5.00 Å². The van der Waals surface area contributed by atoms with E-state index in [0.29, 0.717) is 0 Å². The van der Waals surface area contributed by atoms with Crippen LogP contribution in [-0.2, 0) is 0 Å². The molecule has 0 aromatic heterocycles. The van der Waals surface area contributed by atoms with Crippen LogP contribution in [0, 0.1) is 10.1 Å². The molecule has 0 aromatic carbocycles. The maximum Gasteiger partial charge on any atom is 0.334 e. The third kappa shape index (κ3) is 1.41. The van der Waals surface area contributed by atoms with Gasteiger partial charge < -0.3 is 10.8 Å². The number of hydrogen-bond donors (Lipinski definition) is 2. The molecular formula is C6H7ClN2O3. The van der Waals surface area contributed by atoms with Gasteiger partial charge in [0.15, 0.2) is 0 Å². The maximum atomic E-state index is 10.4. The summed E-state index contributed by atoms with van der Waals surface area (Å²) in [5.41, 5.74) is 5.25. The van der Waals surface area contributed by atoms with Crippen molar-refractivity contribution in [2.24, 2.45) is 5.73 Å². The standard InChI is InChI=1S/C6H7ClN2O3/c7-6(9(11)12)2-1-5(10)4(8)3-6/h1-3,5,10H,8H2. The fourth-order valence-electron chi connectivity index (χ4n) is 0.818. The number of nitrogens with zero attached hydrogens (tertiary/aromatic N) is 1. The Morgan fingerprint density at radius 1 is 1.83 bits per heavy atom. The van der Waals surface area contributed by atoms with Crippen LogP contribution in [0.2, 0.25) is 0 Å². The molecule has 0 saturated carbocycles. The predicted molar refractivity (Wildman–Crippen MR) is 43.0 cm³/mol. The quantitative estimate of drug-likeness (QED) is 0.200. The van der Waals surface area contributed by atoms with Crippen molar-refractivity contribution in [3.05, 3.63) is 34.0 Å². The fraction of sp³-hybridized carbons (Fsp3) is 0.333. The first-order chi connectivity index (χ1) is 5.46. The van der Waals surface area contributed by atoms with Gasteiger partial charge in [0, 0.05) is 17.8 Å². The van der Waals surface area contributed by atoms with E-state index in [2.05, 4.69) is 0 Å². The van der Waals surface area contributed by atoms with E-state index >= 15 is 0 Å². The maximum absolute atomic E-state index is 10.4. The number of hydrogen-bond acceptors (Lipinski definition) is 4. The number of alkyl halides is 1. The molecule has 0 radical (unpaired) electrons. The summed E-state index contributed by atoms with van der Waals surface area (Å²) in [5, 5.41) is 19.4. The molecule has 2 unspecified atom stereocenters. The molecule has 2 atom stereocenters. The second-order valence-corrected chi connectivity index (χ2v) is 3.04. The molecule has 0 amide bonds. The summed E-state index contributed by atoms with van der Waals surface area (Å²) >= 11 is 5.52. The lowest BCUT2D eigenvalue weighted by Gasteiger charge is -2.17. The largest absolute Gasteiger partial charge is 0.400 e. The Morgan fingerprint density at radius 3 is 2.83 bits per heavy atom. The average molecular weight is 191 g/mol. The van der Waals surface area contributed by atoms with Crippen LogP contribution < -0.4 is 5.73 Å². The van der Waals surface area contributed by atoms with Crippen LogP contribution in [0.1, 0.15) is 0 Å². The highest BCUT2D eigenvalue weighted by Crippen LogP contribution is 2.25. The van der Waals surface area contributed by atoms with Crippen LogP contribution in [0.3, 0.4) is 0 Å². The molecule has 0 bridgehead atoms. The van der Waals surface area contributed by atoms with E-state index in [0.717, 1.165) is 12.2 Å². The van der Waals surface area contributed by atoms with E-state index in [-0.39, 0.29) is 5.70 Å². The van der Waals surface area contributed by atoms with Crippen molar-refractivity contribution in [1.29, 1.82) is 0 Å². The molecule has 0 spiro atoms. The number of aliphatic hydroxyl groups excluding tert-OH is 1. The van der Waals surface area contributed by atoms with Gasteiger partial charge in [-0.15, -0.1) is 0 Å². The van der Waals surface area contributed by atoms with Crippen molar-refractivity contribution >= 4 is 11.6 Å². The molecule has 0 aromatic rings. The molecular weight excluding hydrogens is 184 g/mol. The Kier molecular flexibility index (Phi) is 2.08. The zero-order valence-corrected chi connectivity index (χ0v) is 6.73. The molecule has 66 valence electrons. The first-order valence-corrected chi connectivity index (χ1v) is 3.52. The third-order valence-electron chi connectivity index (χ3n) is 1.50. The Hall–Kier alpha value is -1.07. The summed E-state index contributed by atoms with van der Waals surface area (Å²) in [6.07, 6.45) is 2.32. The minimum Gasteiger partial charge on any atom is -0.400 e. The molecule has 0 saturated heterocycles. The molecule has 12 heavy (non-hydrogen) atoms. The van der Waals surface area contributed by atoms with Gasteiger partial charge in [0.2, 0.25) is 0 Å². The van der Waals surface area contributed by atoms with E-state index in [1.807, 2.05) is 0 Å². The van der Waals surface area contributed by atoms with Gasteiger partial charge in [-0.05, 0) is 17.7 Å². The van der Waals surface area contributed by atoms with Gasteiger partial charge in [0.1, 0.15) is 6.10 Å². The van der Waals surface area contributed by atoms with Crippen molar-refractivity contribution in [1.82, 2.24) is 0 Å². The minimum absolute atomic E-state index is 0.01000. The van der Waals surface area contributed by atoms with E-state index in [1.165, 1.54) is 6.08 Å². The summed E-state index contributed by atoms with van der Waals surface area (Å²) in [6.45, 7) is 0. The van der Waals surface area contributed by atoms with Gasteiger partial charge in [-0.25, -0.2) is 0 Å². The highest BCUT2D eigenvalue weighted by Gasteiger charge is 2.38. The van der Waals surface area contributed by atoms with Crippen LogP contribution in [0.5, 0.6) is 0 Å². The summed E-state index contributed by atoms with van der Waals surface area (Å²) in [4.78, 5) is 7.88. The normalized spacial score (nSPS) is 34.5. The molecule has 5 nitrogen and oxygen atoms in total. The number of aliphatic hydroxyl groups is 1. The van der Waals surface area contributed by atoms with E-state index < -0.39 is 16.0 Å². The van der Waals surface area contributed by atoms with Crippen LogP contribution >= 0.6 is 11.6 Å². The molecule has 6 heteroatoms. The third-order valence-corrected chi connectivity index (χ3v) is 1.88. The van der Waals surface area contributed by atoms with Crippen molar-refractivity contribution in [3.8, 4) is 0 Å². The number of halogens is 1. The molecule has 1 aliphatic rings. The molecule has 0 fully saturated rings. The number of nitro groups is 1. The SMILES string of the molecule is NC1=CC(Cl)([N+](=O)[O-])C=CC1O. The van der Waals surface area contributed by atoms with Crippen LogP contribution in [-0.4, -0.2) is 21.1 Å². The fourth-order valence-corrected chi connectivity index (χ4v) is 1.02. The first-order valence-electron chi connectivity index (χ1n) is 3.15. The summed E-state index contributed by atoms with van der Waals surface area (Å²) < 4.78 is 0. The molecule has 0 heterocycles. The van der Waals surface area contributed by atoms with Gasteiger partial charge in [0.25, 0.3) is 0 Å². The highest BCUT2D eigenvalue weighted by atomic mass is 35.5. The first kappa shape index (κ1) is 9.02. The Bertz CT molecular complexity index is 276.